The molecule has 150 valence electrons. The summed E-state index contributed by atoms with van der Waals surface area (Å²) in [7, 11) is 0. The van der Waals surface area contributed by atoms with Crippen molar-refractivity contribution in [1.82, 2.24) is 4.90 Å². The summed E-state index contributed by atoms with van der Waals surface area (Å²) in [5.74, 6) is -0.531. The van der Waals surface area contributed by atoms with E-state index < -0.39 is 0 Å². The maximum absolute atomic E-state index is 13.6. The number of nitrogens with zero attached hydrogens (tertiary/aromatic N) is 2. The van der Waals surface area contributed by atoms with Crippen LogP contribution < -0.4 is 4.90 Å². The number of para-hydroxylation sites is 1. The number of morpholine rings is 1. The molecule has 2 unspecified atom stereocenters. The fourth-order valence-electron chi connectivity index (χ4n) is 4.19. The van der Waals surface area contributed by atoms with Gasteiger partial charge in [-0.05, 0) is 44.9 Å². The average Bonchev–Trinajstić information content (AvgIpc) is 2.93. The quantitative estimate of drug-likeness (QED) is 0.750. The molecule has 2 amide bonds. The van der Waals surface area contributed by atoms with E-state index in [1.54, 1.807) is 0 Å². The Morgan fingerprint density at radius 3 is 2.10 bits per heavy atom. The van der Waals surface area contributed by atoms with Gasteiger partial charge in [-0.1, -0.05) is 48.0 Å². The minimum Gasteiger partial charge on any atom is -0.372 e. The molecule has 2 aromatic carbocycles. The lowest BCUT2D eigenvalue weighted by atomic mass is 10.0. The first-order valence-electron chi connectivity index (χ1n) is 10.0. The van der Waals surface area contributed by atoms with Crippen LogP contribution in [0, 0.1) is 13.8 Å². The van der Waals surface area contributed by atoms with E-state index in [0.29, 0.717) is 30.0 Å². The SMILES string of the molecule is Cc1ccc(C2=C(N3CC(C)OC(C)C3)C(=O)N(c3ccccc3C)C2=O)cc1. The summed E-state index contributed by atoms with van der Waals surface area (Å²) in [6.07, 6.45) is -0.0261. The van der Waals surface area contributed by atoms with Crippen LogP contribution in [0.15, 0.2) is 54.2 Å². The van der Waals surface area contributed by atoms with E-state index in [0.717, 1.165) is 16.7 Å². The molecule has 4 rings (SSSR count). The van der Waals surface area contributed by atoms with E-state index in [-0.39, 0.29) is 24.0 Å². The van der Waals surface area contributed by atoms with E-state index >= 15 is 0 Å². The van der Waals surface area contributed by atoms with Crippen molar-refractivity contribution in [2.24, 2.45) is 0 Å². The summed E-state index contributed by atoms with van der Waals surface area (Å²) in [6, 6.07) is 15.3. The van der Waals surface area contributed by atoms with Crippen molar-refractivity contribution in [3.8, 4) is 0 Å². The van der Waals surface area contributed by atoms with E-state index in [4.69, 9.17) is 4.74 Å². The summed E-state index contributed by atoms with van der Waals surface area (Å²) in [5, 5.41) is 0. The fourth-order valence-corrected chi connectivity index (χ4v) is 4.19. The molecule has 2 aliphatic heterocycles. The van der Waals surface area contributed by atoms with Gasteiger partial charge in [0.25, 0.3) is 11.8 Å². The first-order valence-corrected chi connectivity index (χ1v) is 10.0. The summed E-state index contributed by atoms with van der Waals surface area (Å²) in [6.45, 7) is 9.07. The van der Waals surface area contributed by atoms with Gasteiger partial charge in [-0.3, -0.25) is 9.59 Å². The number of amides is 2. The second-order valence-electron chi connectivity index (χ2n) is 7.98. The van der Waals surface area contributed by atoms with Gasteiger partial charge in [0.2, 0.25) is 0 Å². The number of carbonyl (C=O) groups excluding carboxylic acids is 2. The summed E-state index contributed by atoms with van der Waals surface area (Å²) < 4.78 is 5.85. The zero-order chi connectivity index (χ0) is 20.7. The van der Waals surface area contributed by atoms with E-state index in [1.165, 1.54) is 4.90 Å². The van der Waals surface area contributed by atoms with Crippen LogP contribution in [0.5, 0.6) is 0 Å². The maximum Gasteiger partial charge on any atom is 0.282 e. The van der Waals surface area contributed by atoms with Crippen LogP contribution in [0.1, 0.15) is 30.5 Å². The Hall–Kier alpha value is -2.92. The van der Waals surface area contributed by atoms with E-state index in [9.17, 15) is 9.59 Å². The normalized spacial score (nSPS) is 22.6. The Balaban J connectivity index is 1.85. The van der Waals surface area contributed by atoms with Crippen molar-refractivity contribution < 1.29 is 14.3 Å². The number of imide groups is 1. The Morgan fingerprint density at radius 2 is 1.48 bits per heavy atom. The Bertz CT molecular complexity index is 983. The highest BCUT2D eigenvalue weighted by Gasteiger charge is 2.44. The van der Waals surface area contributed by atoms with Crippen LogP contribution in [-0.2, 0) is 14.3 Å². The number of hydrogen-bond donors (Lipinski definition) is 0. The average molecular weight is 390 g/mol. The second kappa shape index (κ2) is 7.48. The third kappa shape index (κ3) is 3.47. The van der Waals surface area contributed by atoms with Crippen LogP contribution in [0.25, 0.3) is 5.57 Å². The molecule has 0 spiro atoms. The van der Waals surface area contributed by atoms with Crippen LogP contribution in [0.4, 0.5) is 5.69 Å². The van der Waals surface area contributed by atoms with Crippen molar-refractivity contribution in [1.29, 1.82) is 0 Å². The van der Waals surface area contributed by atoms with Crippen LogP contribution in [-0.4, -0.2) is 42.0 Å². The predicted molar refractivity (Wildman–Crippen MR) is 113 cm³/mol. The minimum atomic E-state index is -0.269. The first-order chi connectivity index (χ1) is 13.9. The monoisotopic (exact) mass is 390 g/mol. The molecule has 2 aliphatic rings. The van der Waals surface area contributed by atoms with Crippen molar-refractivity contribution in [2.75, 3.05) is 18.0 Å². The van der Waals surface area contributed by atoms with Crippen LogP contribution >= 0.6 is 0 Å². The summed E-state index contributed by atoms with van der Waals surface area (Å²) >= 11 is 0. The Kier molecular flexibility index (Phi) is 5.01. The Morgan fingerprint density at radius 1 is 0.862 bits per heavy atom. The molecule has 0 N–H and O–H groups in total. The van der Waals surface area contributed by atoms with E-state index in [2.05, 4.69) is 0 Å². The molecule has 0 radical (unpaired) electrons. The molecular weight excluding hydrogens is 364 g/mol. The van der Waals surface area contributed by atoms with Gasteiger partial charge >= 0.3 is 0 Å². The standard InChI is InChI=1S/C24H26N2O3/c1-15-9-11-19(12-10-15)21-22(25-13-17(3)29-18(4)14-25)24(28)26(23(21)27)20-8-6-5-7-16(20)2/h5-12,17-18H,13-14H2,1-4H3. The van der Waals surface area contributed by atoms with Crippen molar-refractivity contribution in [3.05, 3.63) is 70.9 Å². The van der Waals surface area contributed by atoms with Gasteiger partial charge in [0.05, 0.1) is 23.5 Å². The van der Waals surface area contributed by atoms with Gasteiger partial charge in [0.1, 0.15) is 5.70 Å². The van der Waals surface area contributed by atoms with Gasteiger partial charge in [0, 0.05) is 13.1 Å². The van der Waals surface area contributed by atoms with E-state index in [1.807, 2.05) is 81.1 Å². The van der Waals surface area contributed by atoms with Crippen molar-refractivity contribution in [2.45, 2.75) is 39.9 Å². The Labute approximate surface area is 171 Å². The molecule has 1 saturated heterocycles. The molecule has 2 atom stereocenters. The summed E-state index contributed by atoms with van der Waals surface area (Å²) in [4.78, 5) is 30.5. The number of anilines is 1. The number of ether oxygens (including phenoxy) is 1. The fraction of sp³-hybridized carbons (Fsp3) is 0.333. The lowest BCUT2D eigenvalue weighted by Gasteiger charge is -2.37. The molecule has 0 bridgehead atoms. The first kappa shape index (κ1) is 19.4. The lowest BCUT2D eigenvalue weighted by molar-refractivity contribution is -0.121. The van der Waals surface area contributed by atoms with Crippen molar-refractivity contribution in [3.63, 3.8) is 0 Å². The zero-order valence-electron chi connectivity index (χ0n) is 17.3. The topological polar surface area (TPSA) is 49.9 Å². The van der Waals surface area contributed by atoms with Gasteiger partial charge < -0.3 is 9.64 Å². The van der Waals surface area contributed by atoms with Crippen LogP contribution in [0.3, 0.4) is 0 Å². The third-order valence-electron chi connectivity index (χ3n) is 5.49. The number of aryl methyl sites for hydroxylation is 2. The van der Waals surface area contributed by atoms with Gasteiger partial charge in [-0.15, -0.1) is 0 Å². The highest BCUT2D eigenvalue weighted by Crippen LogP contribution is 2.37. The molecule has 2 heterocycles. The number of benzene rings is 2. The number of rotatable bonds is 3. The second-order valence-corrected chi connectivity index (χ2v) is 7.98. The molecule has 5 heteroatoms. The largest absolute Gasteiger partial charge is 0.372 e. The van der Waals surface area contributed by atoms with Crippen molar-refractivity contribution >= 4 is 23.1 Å². The maximum atomic E-state index is 13.6. The highest BCUT2D eigenvalue weighted by molar-refractivity contribution is 6.45. The molecular formula is C24H26N2O3. The summed E-state index contributed by atoms with van der Waals surface area (Å²) in [5.41, 5.74) is 4.35. The smallest absolute Gasteiger partial charge is 0.282 e. The zero-order valence-corrected chi connectivity index (χ0v) is 17.3. The van der Waals surface area contributed by atoms with Gasteiger partial charge in [-0.2, -0.15) is 0 Å². The predicted octanol–water partition coefficient (Wildman–Crippen LogP) is 3.70. The number of hydrogen-bond acceptors (Lipinski definition) is 4. The molecule has 2 aromatic rings. The van der Waals surface area contributed by atoms with Gasteiger partial charge in [-0.25, -0.2) is 4.90 Å². The molecule has 5 nitrogen and oxygen atoms in total. The molecule has 1 fully saturated rings. The molecule has 0 saturated carbocycles. The molecule has 29 heavy (non-hydrogen) atoms. The molecule has 0 aromatic heterocycles. The third-order valence-corrected chi connectivity index (χ3v) is 5.49. The minimum absolute atomic E-state index is 0.0130. The van der Waals surface area contributed by atoms with Crippen LogP contribution in [0.2, 0.25) is 0 Å². The lowest BCUT2D eigenvalue weighted by Crippen LogP contribution is -2.47. The highest BCUT2D eigenvalue weighted by atomic mass is 16.5. The number of carbonyl (C=O) groups is 2. The van der Waals surface area contributed by atoms with Gasteiger partial charge in [0.15, 0.2) is 0 Å². The molecule has 0 aliphatic carbocycles.